The Balaban J connectivity index is 2.24. The van der Waals surface area contributed by atoms with E-state index in [-0.39, 0.29) is 12.7 Å². The molecule has 0 aromatic carbocycles. The minimum atomic E-state index is -0.646. The van der Waals surface area contributed by atoms with Crippen molar-refractivity contribution in [3.05, 3.63) is 0 Å². The lowest BCUT2D eigenvalue weighted by Gasteiger charge is -2.29. The van der Waals surface area contributed by atoms with Crippen LogP contribution in [0.4, 0.5) is 0 Å². The average molecular weight is 229 g/mol. The SMILES string of the molecule is CCC1CCCC(OCC(N)C(=O)OC)C1. The Morgan fingerprint density at radius 1 is 1.50 bits per heavy atom. The molecular formula is C12H23NO3. The normalized spacial score (nSPS) is 27.4. The van der Waals surface area contributed by atoms with E-state index in [2.05, 4.69) is 11.7 Å². The van der Waals surface area contributed by atoms with E-state index < -0.39 is 12.0 Å². The van der Waals surface area contributed by atoms with E-state index in [1.807, 2.05) is 0 Å². The Morgan fingerprint density at radius 2 is 2.25 bits per heavy atom. The van der Waals surface area contributed by atoms with Crippen molar-refractivity contribution in [2.75, 3.05) is 13.7 Å². The molecule has 0 heterocycles. The summed E-state index contributed by atoms with van der Waals surface area (Å²) in [4.78, 5) is 11.1. The van der Waals surface area contributed by atoms with Crippen LogP contribution >= 0.6 is 0 Å². The molecule has 1 aliphatic carbocycles. The van der Waals surface area contributed by atoms with Gasteiger partial charge in [0.2, 0.25) is 0 Å². The maximum atomic E-state index is 11.1. The molecule has 0 radical (unpaired) electrons. The van der Waals surface area contributed by atoms with Gasteiger partial charge in [0.1, 0.15) is 6.04 Å². The molecule has 1 saturated carbocycles. The predicted molar refractivity (Wildman–Crippen MR) is 62.0 cm³/mol. The van der Waals surface area contributed by atoms with Gasteiger partial charge in [-0.15, -0.1) is 0 Å². The van der Waals surface area contributed by atoms with Gasteiger partial charge in [0, 0.05) is 0 Å². The van der Waals surface area contributed by atoms with Crippen LogP contribution in [-0.4, -0.2) is 31.8 Å². The van der Waals surface area contributed by atoms with Crippen molar-refractivity contribution >= 4 is 5.97 Å². The van der Waals surface area contributed by atoms with Crippen LogP contribution < -0.4 is 5.73 Å². The van der Waals surface area contributed by atoms with Crippen LogP contribution in [0.15, 0.2) is 0 Å². The van der Waals surface area contributed by atoms with Gasteiger partial charge in [-0.25, -0.2) is 0 Å². The van der Waals surface area contributed by atoms with Gasteiger partial charge in [-0.3, -0.25) is 4.79 Å². The molecule has 0 aromatic rings. The van der Waals surface area contributed by atoms with Crippen LogP contribution in [0.5, 0.6) is 0 Å². The molecule has 0 aromatic heterocycles. The number of rotatable bonds is 5. The first-order valence-corrected chi connectivity index (χ1v) is 6.12. The maximum Gasteiger partial charge on any atom is 0.325 e. The van der Waals surface area contributed by atoms with Crippen molar-refractivity contribution in [2.45, 2.75) is 51.2 Å². The van der Waals surface area contributed by atoms with Crippen LogP contribution in [0.1, 0.15) is 39.0 Å². The summed E-state index contributed by atoms with van der Waals surface area (Å²) < 4.78 is 10.2. The molecule has 1 rings (SSSR count). The number of methoxy groups -OCH3 is 1. The fraction of sp³-hybridized carbons (Fsp3) is 0.917. The molecule has 0 saturated heterocycles. The van der Waals surface area contributed by atoms with Crippen LogP contribution in [-0.2, 0) is 14.3 Å². The van der Waals surface area contributed by atoms with Gasteiger partial charge in [-0.2, -0.15) is 0 Å². The molecule has 16 heavy (non-hydrogen) atoms. The van der Waals surface area contributed by atoms with E-state index in [9.17, 15) is 4.79 Å². The fourth-order valence-electron chi connectivity index (χ4n) is 2.22. The molecule has 1 aliphatic rings. The van der Waals surface area contributed by atoms with E-state index in [4.69, 9.17) is 10.5 Å². The fourth-order valence-corrected chi connectivity index (χ4v) is 2.22. The van der Waals surface area contributed by atoms with Gasteiger partial charge in [0.25, 0.3) is 0 Å². The zero-order chi connectivity index (χ0) is 12.0. The molecule has 1 fully saturated rings. The maximum absolute atomic E-state index is 11.1. The molecule has 0 amide bonds. The molecule has 94 valence electrons. The zero-order valence-corrected chi connectivity index (χ0v) is 10.3. The monoisotopic (exact) mass is 229 g/mol. The minimum absolute atomic E-state index is 0.272. The van der Waals surface area contributed by atoms with Crippen molar-refractivity contribution in [2.24, 2.45) is 11.7 Å². The second-order valence-electron chi connectivity index (χ2n) is 4.53. The summed E-state index contributed by atoms with van der Waals surface area (Å²) in [5.41, 5.74) is 5.61. The Bertz CT molecular complexity index is 220. The highest BCUT2D eigenvalue weighted by molar-refractivity contribution is 5.75. The average Bonchev–Trinajstić information content (AvgIpc) is 2.35. The predicted octanol–water partition coefficient (Wildman–Crippen LogP) is 1.47. The van der Waals surface area contributed by atoms with Gasteiger partial charge < -0.3 is 15.2 Å². The highest BCUT2D eigenvalue weighted by Gasteiger charge is 2.23. The third-order valence-electron chi connectivity index (χ3n) is 3.33. The first-order chi connectivity index (χ1) is 7.67. The molecule has 3 unspecified atom stereocenters. The molecule has 4 nitrogen and oxygen atoms in total. The van der Waals surface area contributed by atoms with Crippen LogP contribution in [0.3, 0.4) is 0 Å². The lowest BCUT2D eigenvalue weighted by molar-refractivity contribution is -0.144. The van der Waals surface area contributed by atoms with Crippen LogP contribution in [0.2, 0.25) is 0 Å². The van der Waals surface area contributed by atoms with Crippen LogP contribution in [0.25, 0.3) is 0 Å². The summed E-state index contributed by atoms with van der Waals surface area (Å²) in [6.07, 6.45) is 6.20. The van der Waals surface area contributed by atoms with Crippen molar-refractivity contribution in [1.82, 2.24) is 0 Å². The number of carbonyl (C=O) groups is 1. The molecule has 0 aliphatic heterocycles. The molecular weight excluding hydrogens is 206 g/mol. The highest BCUT2D eigenvalue weighted by Crippen LogP contribution is 2.28. The van der Waals surface area contributed by atoms with E-state index in [1.54, 1.807) is 0 Å². The summed E-state index contributed by atoms with van der Waals surface area (Å²) in [5.74, 6) is 0.371. The third-order valence-corrected chi connectivity index (χ3v) is 3.33. The van der Waals surface area contributed by atoms with Crippen LogP contribution in [0, 0.1) is 5.92 Å². The van der Waals surface area contributed by atoms with E-state index in [0.717, 1.165) is 18.8 Å². The number of ether oxygens (including phenoxy) is 2. The summed E-state index contributed by atoms with van der Waals surface area (Å²) in [6.45, 7) is 2.49. The van der Waals surface area contributed by atoms with Gasteiger partial charge in [-0.05, 0) is 18.8 Å². The molecule has 2 N–H and O–H groups in total. The van der Waals surface area contributed by atoms with E-state index >= 15 is 0 Å². The third kappa shape index (κ3) is 4.10. The second kappa shape index (κ2) is 6.86. The zero-order valence-electron chi connectivity index (χ0n) is 10.3. The topological polar surface area (TPSA) is 61.5 Å². The Kier molecular flexibility index (Phi) is 5.77. The second-order valence-corrected chi connectivity index (χ2v) is 4.53. The summed E-state index contributed by atoms with van der Waals surface area (Å²) in [6, 6.07) is -0.646. The van der Waals surface area contributed by atoms with Gasteiger partial charge in [0.15, 0.2) is 0 Å². The number of hydrogen-bond acceptors (Lipinski definition) is 4. The Morgan fingerprint density at radius 3 is 2.88 bits per heavy atom. The van der Waals surface area contributed by atoms with Gasteiger partial charge in [-0.1, -0.05) is 26.2 Å². The van der Waals surface area contributed by atoms with Gasteiger partial charge >= 0.3 is 5.97 Å². The number of esters is 1. The first kappa shape index (κ1) is 13.5. The lowest BCUT2D eigenvalue weighted by Crippen LogP contribution is -2.38. The number of nitrogens with two attached hydrogens (primary N) is 1. The Labute approximate surface area is 97.5 Å². The quantitative estimate of drug-likeness (QED) is 0.725. The lowest BCUT2D eigenvalue weighted by atomic mass is 9.85. The van der Waals surface area contributed by atoms with Crippen molar-refractivity contribution in [3.8, 4) is 0 Å². The Hall–Kier alpha value is -0.610. The van der Waals surface area contributed by atoms with E-state index in [1.165, 1.54) is 26.4 Å². The summed E-state index contributed by atoms with van der Waals surface area (Å²) in [5, 5.41) is 0. The van der Waals surface area contributed by atoms with Crippen molar-refractivity contribution < 1.29 is 14.3 Å². The first-order valence-electron chi connectivity index (χ1n) is 6.12. The molecule has 0 spiro atoms. The minimum Gasteiger partial charge on any atom is -0.468 e. The number of carbonyl (C=O) groups excluding carboxylic acids is 1. The standard InChI is InChI=1S/C12H23NO3/c1-3-9-5-4-6-10(7-9)16-8-11(13)12(14)15-2/h9-11H,3-8,13H2,1-2H3. The molecule has 0 bridgehead atoms. The van der Waals surface area contributed by atoms with Gasteiger partial charge in [0.05, 0.1) is 19.8 Å². The smallest absolute Gasteiger partial charge is 0.325 e. The summed E-state index contributed by atoms with van der Waals surface area (Å²) in [7, 11) is 1.34. The van der Waals surface area contributed by atoms with Crippen molar-refractivity contribution in [1.29, 1.82) is 0 Å². The highest BCUT2D eigenvalue weighted by atomic mass is 16.5. The number of hydrogen-bond donors (Lipinski definition) is 1. The van der Waals surface area contributed by atoms with Crippen molar-refractivity contribution in [3.63, 3.8) is 0 Å². The largest absolute Gasteiger partial charge is 0.468 e. The summed E-state index contributed by atoms with van der Waals surface area (Å²) >= 11 is 0. The molecule has 3 atom stereocenters. The van der Waals surface area contributed by atoms with E-state index in [0.29, 0.717) is 0 Å². The molecule has 4 heteroatoms.